The molecule has 3 nitrogen and oxygen atoms in total. The lowest BCUT2D eigenvalue weighted by Crippen LogP contribution is -2.28. The van der Waals surface area contributed by atoms with Crippen molar-refractivity contribution in [3.63, 3.8) is 0 Å². The Morgan fingerprint density at radius 1 is 1.38 bits per heavy atom. The molecule has 0 aromatic rings. The van der Waals surface area contributed by atoms with E-state index < -0.39 is 0 Å². The summed E-state index contributed by atoms with van der Waals surface area (Å²) in [7, 11) is 0. The Hall–Kier alpha value is 0.230. The van der Waals surface area contributed by atoms with Crippen molar-refractivity contribution < 1.29 is 4.18 Å². The van der Waals surface area contributed by atoms with Crippen LogP contribution in [-0.2, 0) is 4.18 Å². The molecule has 0 bridgehead atoms. The van der Waals surface area contributed by atoms with Crippen molar-refractivity contribution >= 4 is 12.2 Å². The van der Waals surface area contributed by atoms with E-state index in [2.05, 4.69) is 10.3 Å². The van der Waals surface area contributed by atoms with Crippen LogP contribution in [0, 0.1) is 0 Å². The van der Waals surface area contributed by atoms with Gasteiger partial charge >= 0.3 is 0 Å². The van der Waals surface area contributed by atoms with Gasteiger partial charge in [0.2, 0.25) is 0 Å². The fourth-order valence-electron chi connectivity index (χ4n) is 0.526. The molecule has 0 amide bonds. The maximum absolute atomic E-state index is 5.02. The lowest BCUT2D eigenvalue weighted by Gasteiger charge is -2.09. The van der Waals surface area contributed by atoms with Gasteiger partial charge in [-0.05, 0) is 12.8 Å². The van der Waals surface area contributed by atoms with Crippen LogP contribution in [0.25, 0.3) is 0 Å². The Bertz CT molecular complexity index is 38.0. The minimum Gasteiger partial charge on any atom is -0.300 e. The van der Waals surface area contributed by atoms with E-state index in [0.29, 0.717) is 0 Å². The van der Waals surface area contributed by atoms with Gasteiger partial charge in [-0.2, -0.15) is 4.83 Å². The molecule has 4 heteroatoms. The van der Waals surface area contributed by atoms with Gasteiger partial charge in [0.1, 0.15) is 0 Å². The van der Waals surface area contributed by atoms with Gasteiger partial charge in [0, 0.05) is 6.54 Å². The van der Waals surface area contributed by atoms with E-state index in [1.807, 2.05) is 0 Å². The van der Waals surface area contributed by atoms with Crippen LogP contribution < -0.4 is 10.3 Å². The van der Waals surface area contributed by atoms with Crippen molar-refractivity contribution in [2.45, 2.75) is 12.8 Å². The molecule has 0 unspecified atom stereocenters. The maximum Gasteiger partial charge on any atom is 0.0943 e. The Balaban J connectivity index is 2.00. The second-order valence-corrected chi connectivity index (χ2v) is 2.25. The second kappa shape index (κ2) is 4.14. The second-order valence-electron chi connectivity index (χ2n) is 1.64. The van der Waals surface area contributed by atoms with Gasteiger partial charge in [-0.1, -0.05) is 0 Å². The van der Waals surface area contributed by atoms with Crippen molar-refractivity contribution in [3.05, 3.63) is 0 Å². The number of hydrogen-bond acceptors (Lipinski definition) is 4. The highest BCUT2D eigenvalue weighted by atomic mass is 32.2. The van der Waals surface area contributed by atoms with E-state index in [1.54, 1.807) is 0 Å². The van der Waals surface area contributed by atoms with E-state index in [4.69, 9.17) is 4.18 Å². The van der Waals surface area contributed by atoms with E-state index in [-0.39, 0.29) is 0 Å². The van der Waals surface area contributed by atoms with Crippen LogP contribution in [0.3, 0.4) is 0 Å². The molecule has 2 N–H and O–H groups in total. The topological polar surface area (TPSA) is 33.3 Å². The highest BCUT2D eigenvalue weighted by Gasteiger charge is 1.94. The minimum absolute atomic E-state index is 0.860. The monoisotopic (exact) mass is 134 g/mol. The van der Waals surface area contributed by atoms with Gasteiger partial charge < -0.3 is 4.18 Å². The smallest absolute Gasteiger partial charge is 0.0943 e. The van der Waals surface area contributed by atoms with Gasteiger partial charge in [0.05, 0.1) is 18.8 Å². The first kappa shape index (κ1) is 6.35. The fourth-order valence-corrected chi connectivity index (χ4v) is 0.947. The van der Waals surface area contributed by atoms with E-state index in [1.165, 1.54) is 18.6 Å². The lowest BCUT2D eigenvalue weighted by molar-refractivity contribution is 0.338. The summed E-state index contributed by atoms with van der Waals surface area (Å²) in [6.07, 6.45) is 2.34. The quantitative estimate of drug-likeness (QED) is 0.372. The molecule has 0 aliphatic carbocycles. The van der Waals surface area contributed by atoms with Crippen LogP contribution in [0.2, 0.25) is 0 Å². The minimum atomic E-state index is 0.860. The van der Waals surface area contributed by atoms with E-state index >= 15 is 0 Å². The van der Waals surface area contributed by atoms with Crippen molar-refractivity contribution in [1.29, 1.82) is 0 Å². The van der Waals surface area contributed by atoms with Gasteiger partial charge in [-0.25, -0.2) is 5.43 Å². The maximum atomic E-state index is 5.02. The number of rotatable bonds is 0. The average Bonchev–Trinajstić information content (AvgIpc) is 1.62. The van der Waals surface area contributed by atoms with Crippen molar-refractivity contribution in [2.24, 2.45) is 0 Å². The number of hydrogen-bond donors (Lipinski definition) is 2. The third-order valence-corrected chi connectivity index (χ3v) is 1.46. The van der Waals surface area contributed by atoms with Crippen LogP contribution in [-0.4, -0.2) is 13.2 Å². The molecule has 1 fully saturated rings. The molecular weight excluding hydrogens is 124 g/mol. The zero-order valence-corrected chi connectivity index (χ0v) is 5.46. The normalized spacial score (nSPS) is 24.0. The molecule has 1 aliphatic heterocycles. The molecule has 0 aromatic heterocycles. The summed E-state index contributed by atoms with van der Waals surface area (Å²) >= 11 is 1.27. The van der Waals surface area contributed by atoms with Gasteiger partial charge in [-0.3, -0.25) is 0 Å². The molecule has 0 saturated carbocycles. The summed E-state index contributed by atoms with van der Waals surface area (Å²) in [5, 5.41) is 0. The summed E-state index contributed by atoms with van der Waals surface area (Å²) in [4.78, 5) is 2.83. The average molecular weight is 134 g/mol. The molecule has 8 heavy (non-hydrogen) atoms. The van der Waals surface area contributed by atoms with Crippen LogP contribution in [0.5, 0.6) is 0 Å². The molecule has 1 aliphatic rings. The summed E-state index contributed by atoms with van der Waals surface area (Å²) in [5.74, 6) is 0. The lowest BCUT2D eigenvalue weighted by atomic mass is 10.3. The molecule has 1 heterocycles. The van der Waals surface area contributed by atoms with Gasteiger partial charge in [0.25, 0.3) is 0 Å². The van der Waals surface area contributed by atoms with Crippen molar-refractivity contribution in [3.8, 4) is 0 Å². The molecule has 1 saturated heterocycles. The highest BCUT2D eigenvalue weighted by Crippen LogP contribution is 1.99. The molecule has 1 rings (SSSR count). The first-order valence-corrected chi connectivity index (χ1v) is 3.50. The SMILES string of the molecule is C1CCOSNNC1. The molecular formula is C4H10N2OS. The molecule has 0 spiro atoms. The summed E-state index contributed by atoms with van der Waals surface area (Å²) < 4.78 is 5.02. The first-order chi connectivity index (χ1) is 4.00. The third kappa shape index (κ3) is 2.52. The largest absolute Gasteiger partial charge is 0.300 e. The Labute approximate surface area is 53.5 Å². The number of nitrogens with one attached hydrogen (secondary N) is 2. The van der Waals surface area contributed by atoms with Crippen molar-refractivity contribution in [1.82, 2.24) is 10.3 Å². The van der Waals surface area contributed by atoms with Crippen LogP contribution in [0.15, 0.2) is 0 Å². The van der Waals surface area contributed by atoms with Crippen molar-refractivity contribution in [2.75, 3.05) is 13.2 Å². The highest BCUT2D eigenvalue weighted by molar-refractivity contribution is 7.92. The summed E-state index contributed by atoms with van der Waals surface area (Å²) in [5.41, 5.74) is 2.98. The zero-order valence-electron chi connectivity index (χ0n) is 4.64. The third-order valence-electron chi connectivity index (χ3n) is 0.952. The molecule has 0 aromatic carbocycles. The van der Waals surface area contributed by atoms with Gasteiger partial charge in [0.15, 0.2) is 0 Å². The van der Waals surface area contributed by atoms with Crippen LogP contribution in [0.4, 0.5) is 0 Å². The molecule has 0 atom stereocenters. The number of hydrazine groups is 1. The fraction of sp³-hybridized carbons (Fsp3) is 1.00. The van der Waals surface area contributed by atoms with Crippen LogP contribution in [0.1, 0.15) is 12.8 Å². The molecule has 48 valence electrons. The predicted octanol–water partition coefficient (Wildman–Crippen LogP) is 0.454. The molecule has 0 radical (unpaired) electrons. The predicted molar refractivity (Wildman–Crippen MR) is 33.9 cm³/mol. The van der Waals surface area contributed by atoms with Crippen LogP contribution >= 0.6 is 12.2 Å². The zero-order chi connectivity index (χ0) is 5.66. The summed E-state index contributed by atoms with van der Waals surface area (Å²) in [6.45, 7) is 1.90. The Morgan fingerprint density at radius 3 is 3.38 bits per heavy atom. The Morgan fingerprint density at radius 2 is 2.38 bits per heavy atom. The first-order valence-electron chi connectivity index (χ1n) is 2.76. The standard InChI is InChI=1S/C4H10N2OS/c1-2-4-7-8-6-5-3-1/h5-6H,1-4H2. The van der Waals surface area contributed by atoms with Gasteiger partial charge in [-0.15, -0.1) is 0 Å². The summed E-state index contributed by atoms with van der Waals surface area (Å²) in [6, 6.07) is 0. The van der Waals surface area contributed by atoms with E-state index in [0.717, 1.165) is 19.6 Å². The van der Waals surface area contributed by atoms with E-state index in [9.17, 15) is 0 Å². The Kier molecular flexibility index (Phi) is 3.29.